The first-order valence-corrected chi connectivity index (χ1v) is 7.69. The van der Waals surface area contributed by atoms with Crippen molar-refractivity contribution in [2.75, 3.05) is 13.6 Å². The van der Waals surface area contributed by atoms with Gasteiger partial charge in [-0.2, -0.15) is 0 Å². The summed E-state index contributed by atoms with van der Waals surface area (Å²) >= 11 is 0. The summed E-state index contributed by atoms with van der Waals surface area (Å²) in [6.45, 7) is 0.785. The molecule has 1 aromatic carbocycles. The van der Waals surface area contributed by atoms with Crippen molar-refractivity contribution in [1.82, 2.24) is 10.6 Å². The molecule has 1 unspecified atom stereocenters. The van der Waals surface area contributed by atoms with Crippen LogP contribution >= 0.6 is 0 Å². The summed E-state index contributed by atoms with van der Waals surface area (Å²) in [7, 11) is 1.86. The number of urea groups is 1. The fourth-order valence-corrected chi connectivity index (χ4v) is 2.75. The molecule has 2 rings (SSSR count). The molecule has 1 aromatic rings. The van der Waals surface area contributed by atoms with Gasteiger partial charge in [0.1, 0.15) is 12.4 Å². The van der Waals surface area contributed by atoms with E-state index in [9.17, 15) is 14.0 Å². The molecule has 0 aliphatic heterocycles. The Morgan fingerprint density at radius 1 is 1.23 bits per heavy atom. The summed E-state index contributed by atoms with van der Waals surface area (Å²) in [5.41, 5.74) is 0.946. The largest absolute Gasteiger partial charge is 0.335 e. The summed E-state index contributed by atoms with van der Waals surface area (Å²) in [6, 6.07) is 5.98. The van der Waals surface area contributed by atoms with Gasteiger partial charge < -0.3 is 10.2 Å². The van der Waals surface area contributed by atoms with Gasteiger partial charge in [0.15, 0.2) is 6.54 Å². The van der Waals surface area contributed by atoms with Gasteiger partial charge in [-0.25, -0.2) is 9.18 Å². The monoisotopic (exact) mass is 308 g/mol. The summed E-state index contributed by atoms with van der Waals surface area (Å²) in [5.74, 6) is -0.585. The van der Waals surface area contributed by atoms with E-state index in [4.69, 9.17) is 0 Å². The van der Waals surface area contributed by atoms with Gasteiger partial charge in [-0.1, -0.05) is 25.0 Å². The van der Waals surface area contributed by atoms with Crippen LogP contribution in [-0.4, -0.2) is 31.6 Å². The van der Waals surface area contributed by atoms with Crippen molar-refractivity contribution in [3.05, 3.63) is 35.6 Å². The lowest BCUT2D eigenvalue weighted by atomic mass is 10.2. The van der Waals surface area contributed by atoms with E-state index >= 15 is 0 Å². The van der Waals surface area contributed by atoms with Gasteiger partial charge >= 0.3 is 6.03 Å². The zero-order valence-corrected chi connectivity index (χ0v) is 12.8. The molecule has 0 radical (unpaired) electrons. The van der Waals surface area contributed by atoms with Crippen molar-refractivity contribution in [2.45, 2.75) is 38.3 Å². The average molecular weight is 308 g/mol. The van der Waals surface area contributed by atoms with Crippen LogP contribution in [0.2, 0.25) is 0 Å². The van der Waals surface area contributed by atoms with Crippen LogP contribution in [0.5, 0.6) is 0 Å². The number of hydrogen-bond donors (Lipinski definition) is 3. The van der Waals surface area contributed by atoms with E-state index in [0.717, 1.165) is 36.1 Å². The number of quaternary nitrogens is 1. The van der Waals surface area contributed by atoms with Crippen LogP contribution in [0, 0.1) is 5.82 Å². The van der Waals surface area contributed by atoms with E-state index in [1.54, 1.807) is 12.1 Å². The van der Waals surface area contributed by atoms with Crippen molar-refractivity contribution in [3.63, 3.8) is 0 Å². The number of imide groups is 1. The van der Waals surface area contributed by atoms with Gasteiger partial charge in [0, 0.05) is 11.6 Å². The lowest BCUT2D eigenvalue weighted by Gasteiger charge is -2.15. The number of carbonyl (C=O) groups excluding carboxylic acids is 2. The summed E-state index contributed by atoms with van der Waals surface area (Å²) in [5, 5.41) is 5.18. The van der Waals surface area contributed by atoms with E-state index < -0.39 is 6.03 Å². The average Bonchev–Trinajstić information content (AvgIpc) is 2.93. The maximum atomic E-state index is 12.8. The first kappa shape index (κ1) is 16.4. The number of rotatable bonds is 5. The molecule has 1 aliphatic rings. The first-order valence-electron chi connectivity index (χ1n) is 7.69. The highest BCUT2D eigenvalue weighted by atomic mass is 19.1. The quantitative estimate of drug-likeness (QED) is 0.746. The number of amides is 3. The molecule has 0 spiro atoms. The molecule has 0 heterocycles. The van der Waals surface area contributed by atoms with Crippen molar-refractivity contribution in [2.24, 2.45) is 0 Å². The lowest BCUT2D eigenvalue weighted by molar-refractivity contribution is -0.885. The van der Waals surface area contributed by atoms with Crippen LogP contribution in [0.1, 0.15) is 31.2 Å². The number of hydrogen-bond acceptors (Lipinski definition) is 2. The number of likely N-dealkylation sites (N-methyl/N-ethyl adjacent to an activating group) is 1. The van der Waals surface area contributed by atoms with E-state index in [-0.39, 0.29) is 24.3 Å². The Morgan fingerprint density at radius 2 is 1.86 bits per heavy atom. The van der Waals surface area contributed by atoms with E-state index in [2.05, 4.69) is 10.6 Å². The Bertz CT molecular complexity index is 513. The lowest BCUT2D eigenvalue weighted by Crippen LogP contribution is -3.09. The Hall–Kier alpha value is -1.95. The highest BCUT2D eigenvalue weighted by Gasteiger charge is 2.19. The van der Waals surface area contributed by atoms with E-state index in [1.807, 2.05) is 7.05 Å². The molecule has 3 amide bonds. The molecular formula is C16H23FN3O2+. The summed E-state index contributed by atoms with van der Waals surface area (Å²) in [6.07, 6.45) is 4.22. The number of nitrogens with one attached hydrogen (secondary N) is 3. The Labute approximate surface area is 129 Å². The normalized spacial score (nSPS) is 16.3. The minimum atomic E-state index is -0.411. The molecule has 22 heavy (non-hydrogen) atoms. The molecule has 0 saturated heterocycles. The fourth-order valence-electron chi connectivity index (χ4n) is 2.75. The van der Waals surface area contributed by atoms with Crippen LogP contribution in [-0.2, 0) is 11.3 Å². The highest BCUT2D eigenvalue weighted by Crippen LogP contribution is 2.17. The predicted octanol–water partition coefficient (Wildman–Crippen LogP) is 0.609. The second-order valence-corrected chi connectivity index (χ2v) is 5.94. The van der Waals surface area contributed by atoms with E-state index in [0.29, 0.717) is 6.54 Å². The molecule has 1 fully saturated rings. The highest BCUT2D eigenvalue weighted by molar-refractivity contribution is 5.94. The van der Waals surface area contributed by atoms with Crippen molar-refractivity contribution in [3.8, 4) is 0 Å². The van der Waals surface area contributed by atoms with Gasteiger partial charge in [0.2, 0.25) is 0 Å². The second kappa shape index (κ2) is 7.89. The molecule has 1 aliphatic carbocycles. The topological polar surface area (TPSA) is 62.6 Å². The van der Waals surface area contributed by atoms with Crippen LogP contribution in [0.15, 0.2) is 24.3 Å². The summed E-state index contributed by atoms with van der Waals surface area (Å²) < 4.78 is 12.8. The minimum Gasteiger partial charge on any atom is -0.335 e. The predicted molar refractivity (Wildman–Crippen MR) is 80.8 cm³/mol. The Morgan fingerprint density at radius 3 is 2.50 bits per heavy atom. The molecule has 3 N–H and O–H groups in total. The third kappa shape index (κ3) is 5.44. The molecule has 1 atom stereocenters. The third-order valence-corrected chi connectivity index (χ3v) is 3.82. The van der Waals surface area contributed by atoms with Crippen molar-refractivity contribution < 1.29 is 18.9 Å². The van der Waals surface area contributed by atoms with Gasteiger partial charge in [-0.3, -0.25) is 10.1 Å². The van der Waals surface area contributed by atoms with Crippen LogP contribution in [0.3, 0.4) is 0 Å². The van der Waals surface area contributed by atoms with Crippen molar-refractivity contribution >= 4 is 11.9 Å². The Balaban J connectivity index is 1.71. The number of benzene rings is 1. The molecule has 120 valence electrons. The molecular weight excluding hydrogens is 285 g/mol. The SMILES string of the molecule is C[NH+](CC(=O)NC(=O)NC1CCCC1)Cc1ccc(F)cc1. The minimum absolute atomic E-state index is 0.190. The van der Waals surface area contributed by atoms with Gasteiger partial charge in [0.25, 0.3) is 5.91 Å². The maximum absolute atomic E-state index is 12.8. The smallest absolute Gasteiger partial charge is 0.321 e. The third-order valence-electron chi connectivity index (χ3n) is 3.82. The number of carbonyl (C=O) groups is 2. The van der Waals surface area contributed by atoms with Gasteiger partial charge in [-0.05, 0) is 25.0 Å². The second-order valence-electron chi connectivity index (χ2n) is 5.94. The van der Waals surface area contributed by atoms with E-state index in [1.165, 1.54) is 12.1 Å². The molecule has 0 bridgehead atoms. The standard InChI is InChI=1S/C16H22FN3O2/c1-20(10-12-6-8-13(17)9-7-12)11-15(21)19-16(22)18-14-4-2-3-5-14/h6-9,14H,2-5,10-11H2,1H3,(H2,18,19,21,22)/p+1. The first-order chi connectivity index (χ1) is 10.5. The molecule has 6 heteroatoms. The Kier molecular flexibility index (Phi) is 5.89. The number of halogens is 1. The van der Waals surface area contributed by atoms with Crippen LogP contribution < -0.4 is 15.5 Å². The van der Waals surface area contributed by atoms with Crippen molar-refractivity contribution in [1.29, 1.82) is 0 Å². The van der Waals surface area contributed by atoms with Crippen LogP contribution in [0.25, 0.3) is 0 Å². The van der Waals surface area contributed by atoms with Gasteiger partial charge in [-0.15, -0.1) is 0 Å². The maximum Gasteiger partial charge on any atom is 0.321 e. The molecule has 0 aromatic heterocycles. The zero-order chi connectivity index (χ0) is 15.9. The fraction of sp³-hybridized carbons (Fsp3) is 0.500. The molecule has 1 saturated carbocycles. The summed E-state index contributed by atoms with van der Waals surface area (Å²) in [4.78, 5) is 24.5. The van der Waals surface area contributed by atoms with Gasteiger partial charge in [0.05, 0.1) is 7.05 Å². The molecule has 5 nitrogen and oxygen atoms in total. The zero-order valence-electron chi connectivity index (χ0n) is 12.8. The van der Waals surface area contributed by atoms with Crippen LogP contribution in [0.4, 0.5) is 9.18 Å².